The summed E-state index contributed by atoms with van der Waals surface area (Å²) in [5.41, 5.74) is 0.927. The Balaban J connectivity index is 1.29. The van der Waals surface area contributed by atoms with Crippen LogP contribution in [0, 0.1) is 5.82 Å². The van der Waals surface area contributed by atoms with E-state index in [0.29, 0.717) is 19.2 Å². The minimum atomic E-state index is -0.412. The molecule has 0 bridgehead atoms. The number of nitrogens with zero attached hydrogens (tertiary/aromatic N) is 4. The fraction of sp³-hybridized carbons (Fsp3) is 0.500. The van der Waals surface area contributed by atoms with Crippen molar-refractivity contribution >= 4 is 5.95 Å². The monoisotopic (exact) mass is 344 g/mol. The molecule has 2 aromatic rings. The van der Waals surface area contributed by atoms with Crippen molar-refractivity contribution in [2.24, 2.45) is 0 Å². The Morgan fingerprint density at radius 3 is 2.84 bits per heavy atom. The summed E-state index contributed by atoms with van der Waals surface area (Å²) in [6.07, 6.45) is 7.34. The topological polar surface area (TPSA) is 60.4 Å². The van der Waals surface area contributed by atoms with Crippen LogP contribution in [0.25, 0.3) is 0 Å². The minimum Gasteiger partial charge on any atom is -0.372 e. The van der Waals surface area contributed by atoms with Crippen LogP contribution >= 0.6 is 0 Å². The van der Waals surface area contributed by atoms with Gasteiger partial charge in [0.15, 0.2) is 5.82 Å². The maximum absolute atomic E-state index is 13.0. The lowest BCUT2D eigenvalue weighted by molar-refractivity contribution is -0.0892. The molecule has 7 heteroatoms. The molecule has 0 amide bonds. The Bertz CT molecular complexity index is 685. The molecule has 0 aromatic carbocycles. The standard InChI is InChI=1S/C18H21FN4O2/c19-13-9-21-18(22-10-13)23-8-6-17-16(23)5-4-15(25-17)12-24-11-14-3-1-2-7-20-14/h1-3,7,9-10,15-17H,4-6,8,11-12H2/t15-,16+,17+/m1/s1. The average Bonchev–Trinajstić information content (AvgIpc) is 3.06. The molecular formula is C18H21FN4O2. The molecular weight excluding hydrogens is 323 g/mol. The molecule has 2 aromatic heterocycles. The molecule has 2 saturated heterocycles. The van der Waals surface area contributed by atoms with Gasteiger partial charge in [0.25, 0.3) is 0 Å². The van der Waals surface area contributed by atoms with E-state index in [4.69, 9.17) is 9.47 Å². The zero-order chi connectivity index (χ0) is 17.1. The van der Waals surface area contributed by atoms with Crippen molar-refractivity contribution in [3.8, 4) is 0 Å². The molecule has 4 rings (SSSR count). The Labute approximate surface area is 146 Å². The Kier molecular flexibility index (Phi) is 4.85. The van der Waals surface area contributed by atoms with Gasteiger partial charge in [-0.25, -0.2) is 14.4 Å². The van der Waals surface area contributed by atoms with Gasteiger partial charge in [0, 0.05) is 12.7 Å². The second kappa shape index (κ2) is 7.41. The van der Waals surface area contributed by atoms with Crippen LogP contribution in [0.4, 0.5) is 10.3 Å². The third-order valence-corrected chi connectivity index (χ3v) is 4.78. The second-order valence-electron chi connectivity index (χ2n) is 6.46. The van der Waals surface area contributed by atoms with Gasteiger partial charge in [0.2, 0.25) is 5.95 Å². The van der Waals surface area contributed by atoms with E-state index in [0.717, 1.165) is 31.5 Å². The number of hydrogen-bond acceptors (Lipinski definition) is 6. The first kappa shape index (κ1) is 16.4. The number of pyridine rings is 1. The summed E-state index contributed by atoms with van der Waals surface area (Å²) in [6.45, 7) is 1.92. The molecule has 2 aliphatic rings. The van der Waals surface area contributed by atoms with Gasteiger partial charge in [0.05, 0.1) is 49.6 Å². The van der Waals surface area contributed by atoms with E-state index in [-0.39, 0.29) is 18.2 Å². The minimum absolute atomic E-state index is 0.110. The number of aromatic nitrogens is 3. The predicted molar refractivity (Wildman–Crippen MR) is 89.5 cm³/mol. The van der Waals surface area contributed by atoms with Crippen LogP contribution in [0.3, 0.4) is 0 Å². The third-order valence-electron chi connectivity index (χ3n) is 4.78. The Morgan fingerprint density at radius 1 is 1.16 bits per heavy atom. The maximum Gasteiger partial charge on any atom is 0.225 e. The molecule has 0 radical (unpaired) electrons. The van der Waals surface area contributed by atoms with Crippen LogP contribution in [0.2, 0.25) is 0 Å². The van der Waals surface area contributed by atoms with Gasteiger partial charge in [-0.15, -0.1) is 0 Å². The van der Waals surface area contributed by atoms with E-state index >= 15 is 0 Å². The van der Waals surface area contributed by atoms with E-state index in [2.05, 4.69) is 19.9 Å². The molecule has 2 aliphatic heterocycles. The lowest BCUT2D eigenvalue weighted by Gasteiger charge is -2.35. The maximum atomic E-state index is 13.0. The fourth-order valence-electron chi connectivity index (χ4n) is 3.60. The molecule has 2 fully saturated rings. The summed E-state index contributed by atoms with van der Waals surface area (Å²) >= 11 is 0. The SMILES string of the molecule is Fc1cnc(N2CC[C@@H]3O[C@@H](COCc4ccccn4)CC[C@@H]32)nc1. The van der Waals surface area contributed by atoms with Gasteiger partial charge in [-0.05, 0) is 31.4 Å². The van der Waals surface area contributed by atoms with Crippen molar-refractivity contribution in [1.29, 1.82) is 0 Å². The van der Waals surface area contributed by atoms with Gasteiger partial charge in [0.1, 0.15) is 0 Å². The zero-order valence-corrected chi connectivity index (χ0v) is 13.9. The van der Waals surface area contributed by atoms with Crippen LogP contribution in [-0.4, -0.2) is 46.4 Å². The second-order valence-corrected chi connectivity index (χ2v) is 6.46. The first-order valence-electron chi connectivity index (χ1n) is 8.67. The van der Waals surface area contributed by atoms with Crippen LogP contribution in [0.5, 0.6) is 0 Å². The highest BCUT2D eigenvalue weighted by Gasteiger charge is 2.40. The summed E-state index contributed by atoms with van der Waals surface area (Å²) in [7, 11) is 0. The number of halogens is 1. The van der Waals surface area contributed by atoms with E-state index in [1.165, 1.54) is 12.4 Å². The van der Waals surface area contributed by atoms with E-state index in [1.807, 2.05) is 18.2 Å². The quantitative estimate of drug-likeness (QED) is 0.830. The van der Waals surface area contributed by atoms with Gasteiger partial charge in [-0.3, -0.25) is 4.98 Å². The van der Waals surface area contributed by atoms with Crippen LogP contribution in [0.15, 0.2) is 36.8 Å². The third kappa shape index (κ3) is 3.77. The summed E-state index contributed by atoms with van der Waals surface area (Å²) in [5, 5.41) is 0. The van der Waals surface area contributed by atoms with Gasteiger partial charge in [-0.1, -0.05) is 6.07 Å². The molecule has 0 aliphatic carbocycles. The van der Waals surface area contributed by atoms with E-state index in [9.17, 15) is 4.39 Å². The van der Waals surface area contributed by atoms with Gasteiger partial charge >= 0.3 is 0 Å². The highest BCUT2D eigenvalue weighted by atomic mass is 19.1. The van der Waals surface area contributed by atoms with Gasteiger partial charge in [-0.2, -0.15) is 0 Å². The molecule has 132 valence electrons. The number of fused-ring (bicyclic) bond motifs is 1. The largest absolute Gasteiger partial charge is 0.372 e. The lowest BCUT2D eigenvalue weighted by Crippen LogP contribution is -2.44. The number of rotatable bonds is 5. The average molecular weight is 344 g/mol. The molecule has 0 unspecified atom stereocenters. The Morgan fingerprint density at radius 2 is 2.04 bits per heavy atom. The first-order chi connectivity index (χ1) is 12.3. The molecule has 4 heterocycles. The van der Waals surface area contributed by atoms with Crippen LogP contribution in [-0.2, 0) is 16.1 Å². The molecule has 3 atom stereocenters. The molecule has 0 spiro atoms. The summed E-state index contributed by atoms with van der Waals surface area (Å²) in [5.74, 6) is 0.173. The van der Waals surface area contributed by atoms with Crippen LogP contribution < -0.4 is 4.90 Å². The lowest BCUT2D eigenvalue weighted by atomic mass is 9.99. The highest BCUT2D eigenvalue weighted by molar-refractivity contribution is 5.34. The molecule has 25 heavy (non-hydrogen) atoms. The molecule has 0 N–H and O–H groups in total. The van der Waals surface area contributed by atoms with E-state index < -0.39 is 5.82 Å². The van der Waals surface area contributed by atoms with Crippen molar-refractivity contribution in [1.82, 2.24) is 15.0 Å². The van der Waals surface area contributed by atoms with Crippen molar-refractivity contribution in [3.05, 3.63) is 48.3 Å². The van der Waals surface area contributed by atoms with Crippen molar-refractivity contribution in [2.45, 2.75) is 44.1 Å². The zero-order valence-electron chi connectivity index (χ0n) is 13.9. The smallest absolute Gasteiger partial charge is 0.225 e. The normalized spacial score (nSPS) is 25.8. The van der Waals surface area contributed by atoms with Crippen molar-refractivity contribution in [2.75, 3.05) is 18.1 Å². The molecule has 0 saturated carbocycles. The number of ether oxygens (including phenoxy) is 2. The van der Waals surface area contributed by atoms with Gasteiger partial charge < -0.3 is 14.4 Å². The van der Waals surface area contributed by atoms with Crippen molar-refractivity contribution in [3.63, 3.8) is 0 Å². The summed E-state index contributed by atoms with van der Waals surface area (Å²) in [6, 6.07) is 6.07. The first-order valence-corrected chi connectivity index (χ1v) is 8.67. The van der Waals surface area contributed by atoms with Crippen LogP contribution in [0.1, 0.15) is 25.0 Å². The summed E-state index contributed by atoms with van der Waals surface area (Å²) in [4.78, 5) is 14.6. The predicted octanol–water partition coefficient (Wildman–Crippen LogP) is 2.35. The van der Waals surface area contributed by atoms with E-state index in [1.54, 1.807) is 6.20 Å². The summed E-state index contributed by atoms with van der Waals surface area (Å²) < 4.78 is 25.0. The Hall–Kier alpha value is -2.12. The highest BCUT2D eigenvalue weighted by Crippen LogP contribution is 2.33. The number of anilines is 1. The van der Waals surface area contributed by atoms with Crippen molar-refractivity contribution < 1.29 is 13.9 Å². The number of hydrogen-bond donors (Lipinski definition) is 0. The molecule has 6 nitrogen and oxygen atoms in total. The fourth-order valence-corrected chi connectivity index (χ4v) is 3.60.